The maximum atomic E-state index is 12.1. The van der Waals surface area contributed by atoms with Gasteiger partial charge in [0.25, 0.3) is 0 Å². The van der Waals surface area contributed by atoms with Gasteiger partial charge < -0.3 is 20.1 Å². The number of amides is 2. The lowest BCUT2D eigenvalue weighted by Crippen LogP contribution is -2.39. The van der Waals surface area contributed by atoms with E-state index in [1.165, 1.54) is 0 Å². The van der Waals surface area contributed by atoms with Gasteiger partial charge in [0.15, 0.2) is 11.5 Å². The Morgan fingerprint density at radius 1 is 1.16 bits per heavy atom. The highest BCUT2D eigenvalue weighted by Gasteiger charge is 2.44. The van der Waals surface area contributed by atoms with Crippen molar-refractivity contribution in [1.29, 1.82) is 0 Å². The summed E-state index contributed by atoms with van der Waals surface area (Å²) >= 11 is 0. The molecule has 0 saturated heterocycles. The van der Waals surface area contributed by atoms with Gasteiger partial charge in [-0.15, -0.1) is 0 Å². The van der Waals surface area contributed by atoms with Crippen LogP contribution in [0.1, 0.15) is 24.0 Å². The van der Waals surface area contributed by atoms with Gasteiger partial charge in [-0.25, -0.2) is 4.79 Å². The van der Waals surface area contributed by atoms with E-state index < -0.39 is 0 Å². The predicted molar refractivity (Wildman–Crippen MR) is 94.9 cm³/mol. The second-order valence-electron chi connectivity index (χ2n) is 6.25. The fourth-order valence-electron chi connectivity index (χ4n) is 2.88. The van der Waals surface area contributed by atoms with Crippen LogP contribution in [-0.2, 0) is 12.0 Å². The Bertz CT molecular complexity index is 730. The van der Waals surface area contributed by atoms with Crippen LogP contribution in [0.25, 0.3) is 0 Å². The molecule has 1 saturated carbocycles. The third-order valence-electron chi connectivity index (χ3n) is 4.61. The molecule has 1 heterocycles. The minimum Gasteiger partial charge on any atom is -0.493 e. The Hall–Kier alpha value is -2.76. The van der Waals surface area contributed by atoms with Gasteiger partial charge in [0.05, 0.1) is 14.2 Å². The summed E-state index contributed by atoms with van der Waals surface area (Å²) in [6.45, 7) is 1.06. The van der Waals surface area contributed by atoms with Crippen molar-refractivity contribution >= 4 is 6.03 Å². The van der Waals surface area contributed by atoms with E-state index in [-0.39, 0.29) is 11.4 Å². The zero-order valence-corrected chi connectivity index (χ0v) is 14.5. The number of carbonyl (C=O) groups excluding carboxylic acids is 1. The zero-order valence-electron chi connectivity index (χ0n) is 14.5. The molecule has 25 heavy (non-hydrogen) atoms. The molecule has 2 aromatic rings. The molecule has 0 spiro atoms. The maximum Gasteiger partial charge on any atom is 0.315 e. The fourth-order valence-corrected chi connectivity index (χ4v) is 2.88. The number of pyridine rings is 1. The number of hydrogen-bond acceptors (Lipinski definition) is 4. The SMILES string of the molecule is COc1ccc(C2(CNC(=O)NCc3cccnc3)CC2)cc1OC. The number of hydrogen-bond donors (Lipinski definition) is 2. The Labute approximate surface area is 147 Å². The zero-order chi connectivity index (χ0) is 17.7. The van der Waals surface area contributed by atoms with Gasteiger partial charge in [-0.3, -0.25) is 4.98 Å². The lowest BCUT2D eigenvalue weighted by Gasteiger charge is -2.19. The van der Waals surface area contributed by atoms with Gasteiger partial charge >= 0.3 is 6.03 Å². The van der Waals surface area contributed by atoms with E-state index in [1.54, 1.807) is 26.6 Å². The molecule has 1 fully saturated rings. The van der Waals surface area contributed by atoms with E-state index in [0.717, 1.165) is 24.0 Å². The molecule has 0 radical (unpaired) electrons. The second-order valence-corrected chi connectivity index (χ2v) is 6.25. The van der Waals surface area contributed by atoms with E-state index in [1.807, 2.05) is 30.3 Å². The summed E-state index contributed by atoms with van der Waals surface area (Å²) in [5.74, 6) is 1.43. The van der Waals surface area contributed by atoms with Crippen LogP contribution in [0.4, 0.5) is 4.79 Å². The van der Waals surface area contributed by atoms with Crippen molar-refractivity contribution < 1.29 is 14.3 Å². The van der Waals surface area contributed by atoms with Crippen molar-refractivity contribution in [2.45, 2.75) is 24.8 Å². The molecular formula is C19H23N3O3. The van der Waals surface area contributed by atoms with E-state index in [9.17, 15) is 4.79 Å². The van der Waals surface area contributed by atoms with Crippen LogP contribution in [0.15, 0.2) is 42.7 Å². The lowest BCUT2D eigenvalue weighted by molar-refractivity contribution is 0.239. The van der Waals surface area contributed by atoms with Crippen molar-refractivity contribution in [3.05, 3.63) is 53.9 Å². The summed E-state index contributed by atoms with van der Waals surface area (Å²) in [7, 11) is 3.25. The molecule has 0 bridgehead atoms. The van der Waals surface area contributed by atoms with Crippen molar-refractivity contribution in [1.82, 2.24) is 15.6 Å². The molecule has 132 valence electrons. The van der Waals surface area contributed by atoms with Gasteiger partial charge in [0, 0.05) is 30.9 Å². The van der Waals surface area contributed by atoms with Crippen molar-refractivity contribution in [2.24, 2.45) is 0 Å². The van der Waals surface area contributed by atoms with Crippen LogP contribution in [0.5, 0.6) is 11.5 Å². The first-order chi connectivity index (χ1) is 12.2. The topological polar surface area (TPSA) is 72.5 Å². The monoisotopic (exact) mass is 341 g/mol. The minimum atomic E-state index is -0.171. The number of aromatic nitrogens is 1. The molecule has 2 amide bonds. The molecule has 0 aliphatic heterocycles. The molecule has 1 aromatic carbocycles. The largest absolute Gasteiger partial charge is 0.493 e. The molecular weight excluding hydrogens is 318 g/mol. The first-order valence-electron chi connectivity index (χ1n) is 8.30. The number of urea groups is 1. The van der Waals surface area contributed by atoms with Crippen LogP contribution < -0.4 is 20.1 Å². The molecule has 1 aliphatic rings. The molecule has 2 N–H and O–H groups in total. The van der Waals surface area contributed by atoms with Gasteiger partial charge in [0.2, 0.25) is 0 Å². The van der Waals surface area contributed by atoms with Crippen molar-refractivity contribution in [3.63, 3.8) is 0 Å². The number of carbonyl (C=O) groups is 1. The van der Waals surface area contributed by atoms with Gasteiger partial charge in [-0.2, -0.15) is 0 Å². The maximum absolute atomic E-state index is 12.1. The molecule has 0 atom stereocenters. The summed E-state index contributed by atoms with van der Waals surface area (Å²) in [6, 6.07) is 9.57. The molecule has 6 nitrogen and oxygen atoms in total. The quantitative estimate of drug-likeness (QED) is 0.812. The third-order valence-corrected chi connectivity index (χ3v) is 4.61. The summed E-state index contributed by atoms with van der Waals surface area (Å²) < 4.78 is 10.7. The Morgan fingerprint density at radius 2 is 1.96 bits per heavy atom. The number of nitrogens with zero attached hydrogens (tertiary/aromatic N) is 1. The summed E-state index contributed by atoms with van der Waals surface area (Å²) in [4.78, 5) is 16.1. The average Bonchev–Trinajstić information content (AvgIpc) is 3.46. The lowest BCUT2D eigenvalue weighted by atomic mass is 9.95. The number of methoxy groups -OCH3 is 2. The number of rotatable bonds is 7. The van der Waals surface area contributed by atoms with Crippen molar-refractivity contribution in [2.75, 3.05) is 20.8 Å². The predicted octanol–water partition coefficient (Wildman–Crippen LogP) is 2.63. The van der Waals surface area contributed by atoms with Gasteiger partial charge in [0.1, 0.15) is 0 Å². The van der Waals surface area contributed by atoms with E-state index >= 15 is 0 Å². The highest BCUT2D eigenvalue weighted by molar-refractivity contribution is 5.74. The Morgan fingerprint density at radius 3 is 2.60 bits per heavy atom. The van der Waals surface area contributed by atoms with Crippen LogP contribution >= 0.6 is 0 Å². The van der Waals surface area contributed by atoms with Crippen LogP contribution in [0.2, 0.25) is 0 Å². The average molecular weight is 341 g/mol. The van der Waals surface area contributed by atoms with Gasteiger partial charge in [-0.1, -0.05) is 12.1 Å². The molecule has 3 rings (SSSR count). The first kappa shape index (κ1) is 17.1. The summed E-state index contributed by atoms with van der Waals surface area (Å²) in [5, 5.41) is 5.83. The molecule has 1 aliphatic carbocycles. The summed E-state index contributed by atoms with van der Waals surface area (Å²) in [5.41, 5.74) is 2.13. The number of nitrogens with one attached hydrogen (secondary N) is 2. The van der Waals surface area contributed by atoms with Crippen LogP contribution in [0.3, 0.4) is 0 Å². The highest BCUT2D eigenvalue weighted by Crippen LogP contribution is 2.49. The van der Waals surface area contributed by atoms with Crippen LogP contribution in [0, 0.1) is 0 Å². The highest BCUT2D eigenvalue weighted by atomic mass is 16.5. The van der Waals surface area contributed by atoms with Gasteiger partial charge in [-0.05, 0) is 42.2 Å². The second kappa shape index (κ2) is 7.42. The number of benzene rings is 1. The molecule has 1 aromatic heterocycles. The Kier molecular flexibility index (Phi) is 5.07. The minimum absolute atomic E-state index is 0.00874. The number of ether oxygens (including phenoxy) is 2. The standard InChI is InChI=1S/C19H23N3O3/c1-24-16-6-5-15(10-17(16)25-2)19(7-8-19)13-22-18(23)21-12-14-4-3-9-20-11-14/h3-6,9-11H,7-8,12-13H2,1-2H3,(H2,21,22,23). The fraction of sp³-hybridized carbons (Fsp3) is 0.368. The van der Waals surface area contributed by atoms with E-state index in [0.29, 0.717) is 24.6 Å². The normalized spacial score (nSPS) is 14.5. The smallest absolute Gasteiger partial charge is 0.315 e. The first-order valence-corrected chi connectivity index (χ1v) is 8.30. The molecule has 6 heteroatoms. The van der Waals surface area contributed by atoms with Crippen LogP contribution in [-0.4, -0.2) is 31.8 Å². The Balaban J connectivity index is 1.56. The third kappa shape index (κ3) is 4.02. The molecule has 0 unspecified atom stereocenters. The van der Waals surface area contributed by atoms with E-state index in [2.05, 4.69) is 15.6 Å². The summed E-state index contributed by atoms with van der Waals surface area (Å²) in [6.07, 6.45) is 5.55. The van der Waals surface area contributed by atoms with Crippen molar-refractivity contribution in [3.8, 4) is 11.5 Å². The van der Waals surface area contributed by atoms with E-state index in [4.69, 9.17) is 9.47 Å².